The Balaban J connectivity index is 1.96. The van der Waals surface area contributed by atoms with Crippen LogP contribution in [0.25, 0.3) is 0 Å². The van der Waals surface area contributed by atoms with Crippen molar-refractivity contribution in [3.8, 4) is 0 Å². The van der Waals surface area contributed by atoms with E-state index >= 15 is 0 Å². The van der Waals surface area contributed by atoms with Crippen LogP contribution in [0.2, 0.25) is 18.1 Å². The summed E-state index contributed by atoms with van der Waals surface area (Å²) < 4.78 is 11.4. The number of hydrogen-bond acceptors (Lipinski definition) is 7. The van der Waals surface area contributed by atoms with Crippen LogP contribution in [0.15, 0.2) is 16.9 Å². The lowest BCUT2D eigenvalue weighted by Crippen LogP contribution is -2.40. The second-order valence-corrected chi connectivity index (χ2v) is 11.6. The SMILES string of the molecule is CC(C)(C)[Si](C)(C)OCc1nc(Cn2ncc([N+](=O)[O-])n2)co1. The lowest BCUT2D eigenvalue weighted by molar-refractivity contribution is -0.389. The van der Waals surface area contributed by atoms with E-state index in [-0.39, 0.29) is 17.4 Å². The molecule has 0 N–H and O–H groups in total. The topological polar surface area (TPSA) is 109 Å². The van der Waals surface area contributed by atoms with Crippen molar-refractivity contribution in [3.05, 3.63) is 34.2 Å². The zero-order valence-electron chi connectivity index (χ0n) is 13.9. The third-order valence-electron chi connectivity index (χ3n) is 3.98. The third kappa shape index (κ3) is 4.23. The van der Waals surface area contributed by atoms with E-state index < -0.39 is 13.2 Å². The third-order valence-corrected chi connectivity index (χ3v) is 8.46. The standard InChI is InChI=1S/C13H21N5O4Si/c1-13(2,3)23(4,5)22-9-12-15-10(8-21-12)7-17-14-6-11(16-17)18(19)20/h6,8H,7,9H2,1-5H3. The van der Waals surface area contributed by atoms with Gasteiger partial charge in [0.1, 0.15) is 25.1 Å². The Morgan fingerprint density at radius 3 is 2.70 bits per heavy atom. The molecular weight excluding hydrogens is 318 g/mol. The van der Waals surface area contributed by atoms with Gasteiger partial charge in [-0.2, -0.15) is 0 Å². The van der Waals surface area contributed by atoms with Crippen LogP contribution in [0.1, 0.15) is 32.4 Å². The summed E-state index contributed by atoms with van der Waals surface area (Å²) in [7, 11) is -1.87. The van der Waals surface area contributed by atoms with Gasteiger partial charge in [0.2, 0.25) is 5.89 Å². The van der Waals surface area contributed by atoms with Gasteiger partial charge in [0, 0.05) is 0 Å². The molecule has 0 aliphatic heterocycles. The maximum atomic E-state index is 10.6. The molecule has 0 bridgehead atoms. The number of rotatable bonds is 6. The van der Waals surface area contributed by atoms with Crippen molar-refractivity contribution >= 4 is 14.1 Å². The first kappa shape index (κ1) is 17.3. The van der Waals surface area contributed by atoms with Crippen LogP contribution < -0.4 is 0 Å². The smallest absolute Gasteiger partial charge is 0.410 e. The van der Waals surface area contributed by atoms with E-state index in [9.17, 15) is 10.1 Å². The van der Waals surface area contributed by atoms with Crippen molar-refractivity contribution < 1.29 is 13.8 Å². The summed E-state index contributed by atoms with van der Waals surface area (Å²) in [5, 5.41) is 18.2. The number of nitrogens with zero attached hydrogens (tertiary/aromatic N) is 5. The van der Waals surface area contributed by atoms with Gasteiger partial charge >= 0.3 is 5.82 Å². The van der Waals surface area contributed by atoms with Gasteiger partial charge in [0.05, 0.1) is 5.10 Å². The van der Waals surface area contributed by atoms with Crippen LogP contribution in [-0.4, -0.2) is 33.2 Å². The predicted octanol–water partition coefficient (Wildman–Crippen LogP) is 2.74. The molecule has 2 aromatic heterocycles. The minimum absolute atomic E-state index is 0.111. The first-order chi connectivity index (χ1) is 10.6. The number of oxazole rings is 1. The average Bonchev–Trinajstić information content (AvgIpc) is 3.05. The van der Waals surface area contributed by atoms with Gasteiger partial charge in [0.15, 0.2) is 14.5 Å². The summed E-state index contributed by atoms with van der Waals surface area (Å²) in [6.07, 6.45) is 2.58. The lowest BCUT2D eigenvalue weighted by Gasteiger charge is -2.35. The highest BCUT2D eigenvalue weighted by atomic mass is 28.4. The molecule has 0 spiro atoms. The van der Waals surface area contributed by atoms with Gasteiger partial charge in [0.25, 0.3) is 0 Å². The number of aromatic nitrogens is 4. The van der Waals surface area contributed by atoms with Crippen LogP contribution >= 0.6 is 0 Å². The highest BCUT2D eigenvalue weighted by Gasteiger charge is 2.37. The van der Waals surface area contributed by atoms with E-state index in [1.165, 1.54) is 11.1 Å². The lowest BCUT2D eigenvalue weighted by atomic mass is 10.2. The molecule has 10 heteroatoms. The van der Waals surface area contributed by atoms with Crippen LogP contribution in [0.5, 0.6) is 0 Å². The van der Waals surface area contributed by atoms with E-state index in [0.29, 0.717) is 18.2 Å². The van der Waals surface area contributed by atoms with Gasteiger partial charge in [-0.1, -0.05) is 25.6 Å². The van der Waals surface area contributed by atoms with Crippen LogP contribution in [0, 0.1) is 10.1 Å². The van der Waals surface area contributed by atoms with Crippen molar-refractivity contribution in [2.75, 3.05) is 0 Å². The quantitative estimate of drug-likeness (QED) is 0.452. The highest BCUT2D eigenvalue weighted by Crippen LogP contribution is 2.36. The van der Waals surface area contributed by atoms with Crippen molar-refractivity contribution in [2.45, 2.75) is 52.1 Å². The normalized spacial score (nSPS) is 12.6. The van der Waals surface area contributed by atoms with E-state index in [1.54, 1.807) is 0 Å². The van der Waals surface area contributed by atoms with E-state index in [2.05, 4.69) is 49.0 Å². The second kappa shape index (κ2) is 6.20. The molecule has 0 aliphatic rings. The summed E-state index contributed by atoms with van der Waals surface area (Å²) in [6, 6.07) is 0. The first-order valence-electron chi connectivity index (χ1n) is 7.20. The molecule has 0 aliphatic carbocycles. The molecule has 23 heavy (non-hydrogen) atoms. The molecule has 0 radical (unpaired) electrons. The Kier molecular flexibility index (Phi) is 4.66. The first-order valence-corrected chi connectivity index (χ1v) is 10.1. The summed E-state index contributed by atoms with van der Waals surface area (Å²) in [5.74, 6) is 0.182. The average molecular weight is 339 g/mol. The molecule has 0 saturated heterocycles. The molecule has 0 unspecified atom stereocenters. The fourth-order valence-corrected chi connectivity index (χ4v) is 2.46. The Labute approximate surface area is 134 Å². The minimum atomic E-state index is -1.87. The number of hydrogen-bond donors (Lipinski definition) is 0. The minimum Gasteiger partial charge on any atom is -0.446 e. The molecule has 0 amide bonds. The molecule has 126 valence electrons. The maximum absolute atomic E-state index is 10.6. The molecule has 2 aromatic rings. The molecule has 2 heterocycles. The fraction of sp³-hybridized carbons (Fsp3) is 0.615. The van der Waals surface area contributed by atoms with Crippen LogP contribution in [0.4, 0.5) is 5.82 Å². The number of nitro groups is 1. The fourth-order valence-electron chi connectivity index (χ4n) is 1.54. The molecule has 9 nitrogen and oxygen atoms in total. The van der Waals surface area contributed by atoms with Gasteiger partial charge in [-0.05, 0) is 23.1 Å². The molecular formula is C13H21N5O4Si. The van der Waals surface area contributed by atoms with Crippen molar-refractivity contribution in [1.82, 2.24) is 20.0 Å². The Hall–Kier alpha value is -2.07. The van der Waals surface area contributed by atoms with Gasteiger partial charge in [-0.25, -0.2) is 4.98 Å². The molecule has 2 rings (SSSR count). The molecule has 0 fully saturated rings. The summed E-state index contributed by atoms with van der Waals surface area (Å²) in [4.78, 5) is 15.5. The summed E-state index contributed by atoms with van der Waals surface area (Å²) in [5.41, 5.74) is 0.587. The zero-order chi connectivity index (χ0) is 17.3. The predicted molar refractivity (Wildman–Crippen MR) is 84.3 cm³/mol. The van der Waals surface area contributed by atoms with Crippen molar-refractivity contribution in [1.29, 1.82) is 0 Å². The van der Waals surface area contributed by atoms with Crippen LogP contribution in [-0.2, 0) is 17.6 Å². The largest absolute Gasteiger partial charge is 0.446 e. The monoisotopic (exact) mass is 339 g/mol. The second-order valence-electron chi connectivity index (χ2n) is 6.77. The maximum Gasteiger partial charge on any atom is 0.410 e. The van der Waals surface area contributed by atoms with Crippen LogP contribution in [0.3, 0.4) is 0 Å². The van der Waals surface area contributed by atoms with Crippen molar-refractivity contribution in [2.24, 2.45) is 0 Å². The van der Waals surface area contributed by atoms with E-state index in [1.807, 2.05) is 0 Å². The Morgan fingerprint density at radius 1 is 1.43 bits per heavy atom. The van der Waals surface area contributed by atoms with Gasteiger partial charge in [-0.15, -0.1) is 5.10 Å². The van der Waals surface area contributed by atoms with E-state index in [4.69, 9.17) is 8.84 Å². The van der Waals surface area contributed by atoms with Crippen molar-refractivity contribution in [3.63, 3.8) is 0 Å². The Bertz CT molecular complexity index is 689. The summed E-state index contributed by atoms with van der Waals surface area (Å²) >= 11 is 0. The summed E-state index contributed by atoms with van der Waals surface area (Å²) in [6.45, 7) is 11.3. The molecule has 0 atom stereocenters. The van der Waals surface area contributed by atoms with E-state index in [0.717, 1.165) is 6.20 Å². The van der Waals surface area contributed by atoms with Gasteiger partial charge < -0.3 is 19.0 Å². The molecule has 0 saturated carbocycles. The molecule has 0 aromatic carbocycles. The zero-order valence-corrected chi connectivity index (χ0v) is 14.9. The van der Waals surface area contributed by atoms with Gasteiger partial charge in [-0.3, -0.25) is 0 Å². The Morgan fingerprint density at radius 2 is 2.13 bits per heavy atom. The highest BCUT2D eigenvalue weighted by molar-refractivity contribution is 6.74.